The second kappa shape index (κ2) is 8.43. The molecule has 0 amide bonds. The molecule has 3 rings (SSSR count). The van der Waals surface area contributed by atoms with E-state index in [0.717, 1.165) is 18.7 Å². The number of nitriles is 1. The lowest BCUT2D eigenvalue weighted by Gasteiger charge is -2.31. The summed E-state index contributed by atoms with van der Waals surface area (Å²) in [5.41, 5.74) is 1.65. The van der Waals surface area contributed by atoms with Crippen molar-refractivity contribution in [3.05, 3.63) is 69.8 Å². The van der Waals surface area contributed by atoms with Crippen LogP contribution < -0.4 is 5.32 Å². The van der Waals surface area contributed by atoms with Gasteiger partial charge in [0.15, 0.2) is 0 Å². The van der Waals surface area contributed by atoms with Crippen molar-refractivity contribution in [3.63, 3.8) is 0 Å². The number of hydrogen-bond acceptors (Lipinski definition) is 6. The van der Waals surface area contributed by atoms with Crippen LogP contribution in [0.4, 0.5) is 11.4 Å². The third-order valence-electron chi connectivity index (χ3n) is 4.40. The minimum atomic E-state index is -0.458. The van der Waals surface area contributed by atoms with Gasteiger partial charge in [-0.1, -0.05) is 30.3 Å². The number of nitrogens with zero attached hydrogens (tertiary/aromatic N) is 3. The van der Waals surface area contributed by atoms with Gasteiger partial charge in [-0.05, 0) is 17.7 Å². The summed E-state index contributed by atoms with van der Waals surface area (Å²) in [6.07, 6.45) is 0. The fraction of sp³-hybridized carbons (Fsp3) is 0.316. The number of ether oxygens (including phenoxy) is 1. The van der Waals surface area contributed by atoms with Crippen molar-refractivity contribution in [2.24, 2.45) is 0 Å². The Morgan fingerprint density at radius 2 is 1.96 bits per heavy atom. The summed E-state index contributed by atoms with van der Waals surface area (Å²) in [5.74, 6) is 0. The van der Waals surface area contributed by atoms with E-state index < -0.39 is 4.92 Å². The average Bonchev–Trinajstić information content (AvgIpc) is 2.69. The van der Waals surface area contributed by atoms with Gasteiger partial charge in [0.25, 0.3) is 5.69 Å². The summed E-state index contributed by atoms with van der Waals surface area (Å²) in [5, 5.41) is 23.7. The van der Waals surface area contributed by atoms with Crippen LogP contribution in [0.3, 0.4) is 0 Å². The van der Waals surface area contributed by atoms with Gasteiger partial charge in [0.2, 0.25) is 0 Å². The molecule has 26 heavy (non-hydrogen) atoms. The molecule has 1 saturated heterocycles. The minimum Gasteiger partial charge on any atom is -0.379 e. The number of anilines is 1. The number of nitro groups is 1. The number of benzene rings is 2. The van der Waals surface area contributed by atoms with E-state index in [2.05, 4.69) is 10.2 Å². The molecule has 0 saturated carbocycles. The third kappa shape index (κ3) is 4.36. The van der Waals surface area contributed by atoms with Gasteiger partial charge in [0.05, 0.1) is 35.8 Å². The maximum absolute atomic E-state index is 11.4. The summed E-state index contributed by atoms with van der Waals surface area (Å²) < 4.78 is 5.40. The number of rotatable bonds is 6. The van der Waals surface area contributed by atoms with Crippen molar-refractivity contribution >= 4 is 11.4 Å². The van der Waals surface area contributed by atoms with Gasteiger partial charge < -0.3 is 10.1 Å². The molecular weight excluding hydrogens is 332 g/mol. The Morgan fingerprint density at radius 1 is 1.23 bits per heavy atom. The fourth-order valence-electron chi connectivity index (χ4n) is 3.02. The molecule has 0 radical (unpaired) electrons. The summed E-state index contributed by atoms with van der Waals surface area (Å²) >= 11 is 0. The molecule has 1 aliphatic heterocycles. The molecule has 1 N–H and O–H groups in total. The molecule has 0 spiro atoms. The number of hydrogen-bond donors (Lipinski definition) is 1. The van der Waals surface area contributed by atoms with Crippen molar-refractivity contribution < 1.29 is 9.66 Å². The lowest BCUT2D eigenvalue weighted by Crippen LogP contribution is -2.40. The molecule has 1 aliphatic rings. The Hall–Kier alpha value is -2.95. The van der Waals surface area contributed by atoms with Crippen LogP contribution in [0, 0.1) is 21.4 Å². The topological polar surface area (TPSA) is 91.4 Å². The van der Waals surface area contributed by atoms with Gasteiger partial charge in [0, 0.05) is 25.7 Å². The summed E-state index contributed by atoms with van der Waals surface area (Å²) in [6, 6.07) is 16.2. The fourth-order valence-corrected chi connectivity index (χ4v) is 3.02. The van der Waals surface area contributed by atoms with Crippen LogP contribution in [0.15, 0.2) is 48.5 Å². The Morgan fingerprint density at radius 3 is 2.62 bits per heavy atom. The van der Waals surface area contributed by atoms with Crippen molar-refractivity contribution in [2.75, 3.05) is 38.2 Å². The van der Waals surface area contributed by atoms with Gasteiger partial charge >= 0.3 is 0 Å². The van der Waals surface area contributed by atoms with Crippen LogP contribution in [-0.2, 0) is 4.74 Å². The molecular formula is C19H20N4O3. The molecule has 0 aliphatic carbocycles. The van der Waals surface area contributed by atoms with Crippen LogP contribution in [0.2, 0.25) is 0 Å². The van der Waals surface area contributed by atoms with E-state index in [-0.39, 0.29) is 17.3 Å². The summed E-state index contributed by atoms with van der Waals surface area (Å²) in [4.78, 5) is 13.3. The monoisotopic (exact) mass is 352 g/mol. The zero-order chi connectivity index (χ0) is 18.4. The van der Waals surface area contributed by atoms with Gasteiger partial charge in [-0.2, -0.15) is 5.26 Å². The maximum Gasteiger partial charge on any atom is 0.293 e. The smallest absolute Gasteiger partial charge is 0.293 e. The van der Waals surface area contributed by atoms with Gasteiger partial charge in [0.1, 0.15) is 5.69 Å². The van der Waals surface area contributed by atoms with E-state index in [9.17, 15) is 10.1 Å². The Kier molecular flexibility index (Phi) is 5.79. The highest BCUT2D eigenvalue weighted by Gasteiger charge is 2.22. The second-order valence-corrected chi connectivity index (χ2v) is 6.12. The average molecular weight is 352 g/mol. The molecule has 134 valence electrons. The Bertz CT molecular complexity index is 798. The van der Waals surface area contributed by atoms with E-state index in [1.165, 1.54) is 6.07 Å². The predicted molar refractivity (Wildman–Crippen MR) is 97.9 cm³/mol. The Balaban J connectivity index is 1.88. The SMILES string of the molecule is N#Cc1ccc(NC(CN2CCOCC2)c2ccccc2)c([N+](=O)[O-])c1. The highest BCUT2D eigenvalue weighted by atomic mass is 16.6. The van der Waals surface area contributed by atoms with Gasteiger partial charge in [-0.3, -0.25) is 15.0 Å². The molecule has 1 heterocycles. The van der Waals surface area contributed by atoms with Crippen LogP contribution in [0.1, 0.15) is 17.2 Å². The van der Waals surface area contributed by atoms with Crippen LogP contribution in [-0.4, -0.2) is 42.7 Å². The summed E-state index contributed by atoms with van der Waals surface area (Å²) in [6.45, 7) is 3.77. The van der Waals surface area contributed by atoms with Crippen molar-refractivity contribution in [3.8, 4) is 6.07 Å². The number of nitro benzene ring substituents is 1. The lowest BCUT2D eigenvalue weighted by atomic mass is 10.0. The summed E-state index contributed by atoms with van der Waals surface area (Å²) in [7, 11) is 0. The van der Waals surface area contributed by atoms with Gasteiger partial charge in [-0.25, -0.2) is 0 Å². The zero-order valence-electron chi connectivity index (χ0n) is 14.3. The van der Waals surface area contributed by atoms with Crippen molar-refractivity contribution in [2.45, 2.75) is 6.04 Å². The van der Waals surface area contributed by atoms with E-state index in [4.69, 9.17) is 10.00 Å². The van der Waals surface area contributed by atoms with Crippen molar-refractivity contribution in [1.29, 1.82) is 5.26 Å². The molecule has 7 nitrogen and oxygen atoms in total. The minimum absolute atomic E-state index is 0.0908. The second-order valence-electron chi connectivity index (χ2n) is 6.12. The van der Waals surface area contributed by atoms with E-state index in [1.807, 2.05) is 36.4 Å². The molecule has 0 aromatic heterocycles. The van der Waals surface area contributed by atoms with Crippen molar-refractivity contribution in [1.82, 2.24) is 4.90 Å². The largest absolute Gasteiger partial charge is 0.379 e. The standard InChI is InChI=1S/C19H20N4O3/c20-13-15-6-7-17(19(12-15)23(24)25)21-18(16-4-2-1-3-5-16)14-22-8-10-26-11-9-22/h1-7,12,18,21H,8-11,14H2. The highest BCUT2D eigenvalue weighted by Crippen LogP contribution is 2.29. The van der Waals surface area contributed by atoms with E-state index in [1.54, 1.807) is 12.1 Å². The van der Waals surface area contributed by atoms with E-state index in [0.29, 0.717) is 25.4 Å². The molecule has 1 unspecified atom stereocenters. The quantitative estimate of drug-likeness (QED) is 0.635. The normalized spacial score (nSPS) is 15.8. The first-order chi connectivity index (χ1) is 12.7. The molecule has 1 atom stereocenters. The Labute approximate surface area is 152 Å². The van der Waals surface area contributed by atoms with Crippen LogP contribution >= 0.6 is 0 Å². The van der Waals surface area contributed by atoms with E-state index >= 15 is 0 Å². The number of morpholine rings is 1. The lowest BCUT2D eigenvalue weighted by molar-refractivity contribution is -0.384. The van der Waals surface area contributed by atoms with Crippen LogP contribution in [0.25, 0.3) is 0 Å². The molecule has 1 fully saturated rings. The first-order valence-electron chi connectivity index (χ1n) is 8.47. The van der Waals surface area contributed by atoms with Crippen LogP contribution in [0.5, 0.6) is 0 Å². The first-order valence-corrected chi connectivity index (χ1v) is 8.47. The predicted octanol–water partition coefficient (Wildman–Crippen LogP) is 2.95. The molecule has 7 heteroatoms. The molecule has 0 bridgehead atoms. The molecule has 2 aromatic carbocycles. The zero-order valence-corrected chi connectivity index (χ0v) is 14.3. The molecule has 2 aromatic rings. The number of nitrogens with one attached hydrogen (secondary N) is 1. The third-order valence-corrected chi connectivity index (χ3v) is 4.40. The first kappa shape index (κ1) is 17.9. The highest BCUT2D eigenvalue weighted by molar-refractivity contribution is 5.64. The maximum atomic E-state index is 11.4. The van der Waals surface area contributed by atoms with Gasteiger partial charge in [-0.15, -0.1) is 0 Å².